The van der Waals surface area contributed by atoms with Crippen molar-refractivity contribution >= 4 is 10.2 Å². The van der Waals surface area contributed by atoms with Crippen molar-refractivity contribution in [3.63, 3.8) is 0 Å². The first kappa shape index (κ1) is 16.4. The topological polar surface area (TPSA) is 71.4 Å². The number of pyridine rings is 1. The first-order valence-electron chi connectivity index (χ1n) is 6.80. The Morgan fingerprint density at radius 2 is 1.73 bits per heavy atom. The smallest absolute Gasteiger partial charge is 0.279 e. The van der Waals surface area contributed by atoms with Gasteiger partial charge in [-0.05, 0) is 11.6 Å². The highest BCUT2D eigenvalue weighted by Crippen LogP contribution is 2.16. The van der Waals surface area contributed by atoms with E-state index in [-0.39, 0.29) is 12.1 Å². The zero-order valence-corrected chi connectivity index (χ0v) is 13.3. The van der Waals surface area contributed by atoms with Crippen molar-refractivity contribution in [1.29, 1.82) is 0 Å². The molecule has 22 heavy (non-hydrogen) atoms. The molecule has 0 aliphatic rings. The minimum atomic E-state index is -3.61. The molecule has 0 spiro atoms. The van der Waals surface area contributed by atoms with Crippen molar-refractivity contribution in [3.05, 3.63) is 70.6 Å². The minimum Gasteiger partial charge on any atom is -0.314 e. The molecule has 0 amide bonds. The summed E-state index contributed by atoms with van der Waals surface area (Å²) in [6.45, 7) is 0.219. The quantitative estimate of drug-likeness (QED) is 0.862. The van der Waals surface area contributed by atoms with Gasteiger partial charge in [0.05, 0.1) is 6.04 Å². The summed E-state index contributed by atoms with van der Waals surface area (Å²) in [7, 11) is -0.696. The van der Waals surface area contributed by atoms with Gasteiger partial charge in [-0.25, -0.2) is 0 Å². The number of nitrogens with zero attached hydrogens (tertiary/aromatic N) is 2. The molecule has 0 aliphatic heterocycles. The Balaban J connectivity index is 2.35. The standard InChI is InChI=1S/C15H19N3O3S/c1-17(2)22(20,21)16-14(13-8-4-3-5-9-13)12-18-11-7-6-10-15(18)19/h3-11,14,16H,12H2,1-2H3/t14-/m1/s1. The zero-order valence-electron chi connectivity index (χ0n) is 12.5. The highest BCUT2D eigenvalue weighted by atomic mass is 32.2. The molecule has 7 heteroatoms. The summed E-state index contributed by atoms with van der Waals surface area (Å²) in [5.74, 6) is 0. The Bertz CT molecular complexity index is 770. The largest absolute Gasteiger partial charge is 0.314 e. The lowest BCUT2D eigenvalue weighted by atomic mass is 10.1. The van der Waals surface area contributed by atoms with Gasteiger partial charge in [0.1, 0.15) is 0 Å². The Morgan fingerprint density at radius 3 is 2.32 bits per heavy atom. The predicted molar refractivity (Wildman–Crippen MR) is 85.6 cm³/mol. The van der Waals surface area contributed by atoms with Crippen LogP contribution in [-0.2, 0) is 16.8 Å². The lowest BCUT2D eigenvalue weighted by Gasteiger charge is -2.22. The molecule has 1 aromatic carbocycles. The average Bonchev–Trinajstić information content (AvgIpc) is 2.49. The second-order valence-electron chi connectivity index (χ2n) is 5.06. The monoisotopic (exact) mass is 321 g/mol. The Hall–Kier alpha value is -1.96. The van der Waals surface area contributed by atoms with Gasteiger partial charge in [-0.2, -0.15) is 17.4 Å². The van der Waals surface area contributed by atoms with Crippen LogP contribution in [0.1, 0.15) is 11.6 Å². The van der Waals surface area contributed by atoms with Crippen LogP contribution in [0.15, 0.2) is 59.5 Å². The van der Waals surface area contributed by atoms with Crippen molar-refractivity contribution < 1.29 is 8.42 Å². The Labute approximate surface area is 130 Å². The molecule has 0 radical (unpaired) electrons. The van der Waals surface area contributed by atoms with E-state index in [1.807, 2.05) is 30.3 Å². The Morgan fingerprint density at radius 1 is 1.09 bits per heavy atom. The van der Waals surface area contributed by atoms with Crippen molar-refractivity contribution in [2.75, 3.05) is 14.1 Å². The van der Waals surface area contributed by atoms with Crippen molar-refractivity contribution in [3.8, 4) is 0 Å². The average molecular weight is 321 g/mol. The maximum Gasteiger partial charge on any atom is 0.279 e. The van der Waals surface area contributed by atoms with Gasteiger partial charge in [-0.15, -0.1) is 0 Å². The zero-order chi connectivity index (χ0) is 16.2. The van der Waals surface area contributed by atoms with Crippen LogP contribution < -0.4 is 10.3 Å². The maximum atomic E-state index is 12.1. The van der Waals surface area contributed by atoms with Gasteiger partial charge in [0, 0.05) is 32.9 Å². The molecule has 0 saturated carbocycles. The van der Waals surface area contributed by atoms with Gasteiger partial charge < -0.3 is 4.57 Å². The lowest BCUT2D eigenvalue weighted by Crippen LogP contribution is -2.40. The fraction of sp³-hybridized carbons (Fsp3) is 0.267. The molecule has 2 rings (SSSR count). The number of rotatable bonds is 6. The molecule has 0 bridgehead atoms. The first-order chi connectivity index (χ1) is 10.4. The molecule has 1 aromatic heterocycles. The second kappa shape index (κ2) is 6.87. The van der Waals surface area contributed by atoms with E-state index < -0.39 is 16.3 Å². The summed E-state index contributed by atoms with van der Waals surface area (Å²) < 4.78 is 29.4. The van der Waals surface area contributed by atoms with Crippen LogP contribution in [0.2, 0.25) is 0 Å². The molecular weight excluding hydrogens is 302 g/mol. The molecule has 1 heterocycles. The normalized spacial score (nSPS) is 13.2. The number of benzene rings is 1. The fourth-order valence-electron chi connectivity index (χ4n) is 1.99. The van der Waals surface area contributed by atoms with Crippen LogP contribution in [0.3, 0.4) is 0 Å². The molecule has 2 aromatic rings. The number of aromatic nitrogens is 1. The lowest BCUT2D eigenvalue weighted by molar-refractivity contribution is 0.464. The van der Waals surface area contributed by atoms with Crippen LogP contribution in [-0.4, -0.2) is 31.4 Å². The van der Waals surface area contributed by atoms with Crippen LogP contribution in [0, 0.1) is 0 Å². The van der Waals surface area contributed by atoms with E-state index in [0.717, 1.165) is 9.87 Å². The summed E-state index contributed by atoms with van der Waals surface area (Å²) in [5, 5.41) is 0. The number of hydrogen-bond donors (Lipinski definition) is 1. The van der Waals surface area contributed by atoms with Gasteiger partial charge in [-0.3, -0.25) is 4.79 Å². The molecule has 1 N–H and O–H groups in total. The summed E-state index contributed by atoms with van der Waals surface area (Å²) in [6.07, 6.45) is 1.64. The number of hydrogen-bond acceptors (Lipinski definition) is 3. The van der Waals surface area contributed by atoms with Gasteiger partial charge in [0.2, 0.25) is 0 Å². The molecular formula is C15H19N3O3S. The van der Waals surface area contributed by atoms with Gasteiger partial charge in [0.25, 0.3) is 15.8 Å². The van der Waals surface area contributed by atoms with Crippen LogP contribution in [0.25, 0.3) is 0 Å². The van der Waals surface area contributed by atoms with Gasteiger partial charge in [0.15, 0.2) is 0 Å². The summed E-state index contributed by atoms with van der Waals surface area (Å²) >= 11 is 0. The molecule has 0 aliphatic carbocycles. The highest BCUT2D eigenvalue weighted by Gasteiger charge is 2.21. The minimum absolute atomic E-state index is 0.174. The molecule has 0 saturated heterocycles. The highest BCUT2D eigenvalue weighted by molar-refractivity contribution is 7.87. The van der Waals surface area contributed by atoms with Gasteiger partial charge in [-0.1, -0.05) is 36.4 Å². The van der Waals surface area contributed by atoms with Crippen molar-refractivity contribution in [1.82, 2.24) is 13.6 Å². The molecule has 6 nitrogen and oxygen atoms in total. The predicted octanol–water partition coefficient (Wildman–Crippen LogP) is 0.986. The third kappa shape index (κ3) is 4.03. The van der Waals surface area contributed by atoms with Crippen molar-refractivity contribution in [2.24, 2.45) is 0 Å². The molecule has 118 valence electrons. The van der Waals surface area contributed by atoms with E-state index in [9.17, 15) is 13.2 Å². The van der Waals surface area contributed by atoms with E-state index in [1.165, 1.54) is 24.7 Å². The summed E-state index contributed by atoms with van der Waals surface area (Å²) in [5.41, 5.74) is 0.621. The van der Waals surface area contributed by atoms with E-state index in [0.29, 0.717) is 0 Å². The van der Waals surface area contributed by atoms with Crippen LogP contribution in [0.5, 0.6) is 0 Å². The molecule has 0 unspecified atom stereocenters. The van der Waals surface area contributed by atoms with E-state index in [2.05, 4.69) is 4.72 Å². The van der Waals surface area contributed by atoms with Crippen molar-refractivity contribution in [2.45, 2.75) is 12.6 Å². The Kier molecular flexibility index (Phi) is 5.12. The van der Waals surface area contributed by atoms with E-state index in [4.69, 9.17) is 0 Å². The summed E-state index contributed by atoms with van der Waals surface area (Å²) in [4.78, 5) is 11.9. The van der Waals surface area contributed by atoms with E-state index >= 15 is 0 Å². The van der Waals surface area contributed by atoms with E-state index in [1.54, 1.807) is 18.3 Å². The molecule has 0 fully saturated rings. The molecule has 1 atom stereocenters. The van der Waals surface area contributed by atoms with Gasteiger partial charge >= 0.3 is 0 Å². The number of nitrogens with one attached hydrogen (secondary N) is 1. The maximum absolute atomic E-state index is 12.1. The van der Waals surface area contributed by atoms with Crippen LogP contribution in [0.4, 0.5) is 0 Å². The fourth-order valence-corrected chi connectivity index (χ4v) is 2.77. The first-order valence-corrected chi connectivity index (χ1v) is 8.24. The second-order valence-corrected chi connectivity index (χ2v) is 6.98. The van der Waals surface area contributed by atoms with Crippen LogP contribution >= 0.6 is 0 Å². The summed E-state index contributed by atoms with van der Waals surface area (Å²) in [6, 6.07) is 13.5. The SMILES string of the molecule is CN(C)S(=O)(=O)N[C@H](Cn1ccccc1=O)c1ccccc1. The third-order valence-electron chi connectivity index (χ3n) is 3.25. The third-order valence-corrected chi connectivity index (χ3v) is 4.80.